The highest BCUT2D eigenvalue weighted by Crippen LogP contribution is 2.28. The number of nitrogens with zero attached hydrogens (tertiary/aromatic N) is 1. The molecule has 1 saturated carbocycles. The van der Waals surface area contributed by atoms with Crippen LogP contribution in [0.1, 0.15) is 38.2 Å². The number of ether oxygens (including phenoxy) is 1. The average Bonchev–Trinajstić information content (AvgIpc) is 2.49. The van der Waals surface area contributed by atoms with Crippen molar-refractivity contribution in [2.75, 3.05) is 11.9 Å². The fraction of sp³-hybridized carbons (Fsp3) is 0.500. The van der Waals surface area contributed by atoms with E-state index in [1.807, 2.05) is 6.07 Å². The maximum atomic E-state index is 13.1. The van der Waals surface area contributed by atoms with Gasteiger partial charge < -0.3 is 10.1 Å². The van der Waals surface area contributed by atoms with E-state index in [2.05, 4.69) is 5.32 Å². The zero-order chi connectivity index (χ0) is 15.2. The SMILES string of the molecule is CCOC(=O)C1CCCC(Nc2ccc(F)cc2C#N)C1. The minimum absolute atomic E-state index is 0.0952. The van der Waals surface area contributed by atoms with Crippen molar-refractivity contribution >= 4 is 11.7 Å². The highest BCUT2D eigenvalue weighted by molar-refractivity contribution is 5.72. The number of rotatable bonds is 4. The molecule has 5 heteroatoms. The first-order valence-corrected chi connectivity index (χ1v) is 7.26. The lowest BCUT2D eigenvalue weighted by Gasteiger charge is -2.29. The normalized spacial score (nSPS) is 21.4. The zero-order valence-corrected chi connectivity index (χ0v) is 12.1. The summed E-state index contributed by atoms with van der Waals surface area (Å²) in [4.78, 5) is 11.8. The second kappa shape index (κ2) is 7.07. The van der Waals surface area contributed by atoms with Crippen LogP contribution in [-0.2, 0) is 9.53 Å². The molecule has 0 spiro atoms. The van der Waals surface area contributed by atoms with Gasteiger partial charge in [-0.2, -0.15) is 5.26 Å². The zero-order valence-electron chi connectivity index (χ0n) is 12.1. The van der Waals surface area contributed by atoms with Crippen molar-refractivity contribution in [2.45, 2.75) is 38.6 Å². The van der Waals surface area contributed by atoms with Gasteiger partial charge in [-0.15, -0.1) is 0 Å². The fourth-order valence-corrected chi connectivity index (χ4v) is 2.75. The number of carbonyl (C=O) groups is 1. The van der Waals surface area contributed by atoms with Gasteiger partial charge in [0.25, 0.3) is 0 Å². The molecule has 21 heavy (non-hydrogen) atoms. The highest BCUT2D eigenvalue weighted by Gasteiger charge is 2.28. The van der Waals surface area contributed by atoms with E-state index in [0.29, 0.717) is 18.7 Å². The van der Waals surface area contributed by atoms with Gasteiger partial charge in [-0.05, 0) is 44.4 Å². The first kappa shape index (κ1) is 15.3. The predicted molar refractivity (Wildman–Crippen MR) is 77.1 cm³/mol. The quantitative estimate of drug-likeness (QED) is 0.865. The Morgan fingerprint density at radius 3 is 3.05 bits per heavy atom. The molecule has 2 atom stereocenters. The van der Waals surface area contributed by atoms with Crippen LogP contribution in [0.15, 0.2) is 18.2 Å². The topological polar surface area (TPSA) is 62.1 Å². The number of anilines is 1. The lowest BCUT2D eigenvalue weighted by Crippen LogP contribution is -2.32. The Labute approximate surface area is 123 Å². The first-order valence-electron chi connectivity index (χ1n) is 7.26. The van der Waals surface area contributed by atoms with E-state index in [9.17, 15) is 9.18 Å². The van der Waals surface area contributed by atoms with Crippen LogP contribution in [-0.4, -0.2) is 18.6 Å². The molecule has 112 valence electrons. The van der Waals surface area contributed by atoms with Gasteiger partial charge in [-0.25, -0.2) is 4.39 Å². The molecule has 1 aliphatic rings. The van der Waals surface area contributed by atoms with Crippen molar-refractivity contribution in [3.8, 4) is 6.07 Å². The maximum Gasteiger partial charge on any atom is 0.308 e. The number of benzene rings is 1. The molecule has 0 aliphatic heterocycles. The van der Waals surface area contributed by atoms with Crippen LogP contribution in [0.4, 0.5) is 10.1 Å². The molecule has 0 amide bonds. The fourth-order valence-electron chi connectivity index (χ4n) is 2.75. The summed E-state index contributed by atoms with van der Waals surface area (Å²) in [6.07, 6.45) is 3.38. The van der Waals surface area contributed by atoms with Crippen molar-refractivity contribution in [2.24, 2.45) is 5.92 Å². The summed E-state index contributed by atoms with van der Waals surface area (Å²) in [5.74, 6) is -0.670. The lowest BCUT2D eigenvalue weighted by molar-refractivity contribution is -0.149. The van der Waals surface area contributed by atoms with Crippen LogP contribution < -0.4 is 5.32 Å². The molecule has 1 aromatic rings. The molecule has 2 unspecified atom stereocenters. The van der Waals surface area contributed by atoms with Crippen LogP contribution in [0.5, 0.6) is 0 Å². The highest BCUT2D eigenvalue weighted by atomic mass is 19.1. The number of halogens is 1. The smallest absolute Gasteiger partial charge is 0.308 e. The van der Waals surface area contributed by atoms with Crippen LogP contribution in [0, 0.1) is 23.1 Å². The number of esters is 1. The third-order valence-electron chi connectivity index (χ3n) is 3.76. The Morgan fingerprint density at radius 1 is 1.52 bits per heavy atom. The minimum atomic E-state index is -0.426. The van der Waals surface area contributed by atoms with Gasteiger partial charge in [0.2, 0.25) is 0 Å². The van der Waals surface area contributed by atoms with Crippen LogP contribution >= 0.6 is 0 Å². The van der Waals surface area contributed by atoms with Gasteiger partial charge in [-0.3, -0.25) is 4.79 Å². The Bertz CT molecular complexity index is 554. The predicted octanol–water partition coefficient (Wildman–Crippen LogP) is 3.23. The number of hydrogen-bond donors (Lipinski definition) is 1. The van der Waals surface area contributed by atoms with Gasteiger partial charge in [0.1, 0.15) is 11.9 Å². The number of carbonyl (C=O) groups excluding carboxylic acids is 1. The van der Waals surface area contributed by atoms with E-state index in [0.717, 1.165) is 19.3 Å². The number of hydrogen-bond acceptors (Lipinski definition) is 4. The van der Waals surface area contributed by atoms with Crippen molar-refractivity contribution in [1.29, 1.82) is 5.26 Å². The van der Waals surface area contributed by atoms with E-state index in [1.54, 1.807) is 13.0 Å². The molecule has 0 radical (unpaired) electrons. The van der Waals surface area contributed by atoms with Crippen molar-refractivity contribution in [1.82, 2.24) is 0 Å². The molecular formula is C16H19FN2O2. The van der Waals surface area contributed by atoms with Crippen molar-refractivity contribution < 1.29 is 13.9 Å². The van der Waals surface area contributed by atoms with E-state index >= 15 is 0 Å². The molecule has 0 heterocycles. The third-order valence-corrected chi connectivity index (χ3v) is 3.76. The van der Waals surface area contributed by atoms with E-state index < -0.39 is 5.82 Å². The Kier molecular flexibility index (Phi) is 5.15. The second-order valence-corrected chi connectivity index (χ2v) is 5.26. The Balaban J connectivity index is 2.03. The first-order chi connectivity index (χ1) is 10.1. The Hall–Kier alpha value is -2.09. The summed E-state index contributed by atoms with van der Waals surface area (Å²) in [6, 6.07) is 6.20. The maximum absolute atomic E-state index is 13.1. The third kappa shape index (κ3) is 3.94. The molecule has 0 bridgehead atoms. The van der Waals surface area contributed by atoms with Gasteiger partial charge in [0.05, 0.1) is 23.8 Å². The van der Waals surface area contributed by atoms with Crippen LogP contribution in [0.25, 0.3) is 0 Å². The molecule has 0 aromatic heterocycles. The average molecular weight is 290 g/mol. The number of nitriles is 1. The second-order valence-electron chi connectivity index (χ2n) is 5.26. The summed E-state index contributed by atoms with van der Waals surface area (Å²) in [5.41, 5.74) is 0.904. The largest absolute Gasteiger partial charge is 0.466 e. The molecule has 4 nitrogen and oxygen atoms in total. The minimum Gasteiger partial charge on any atom is -0.466 e. The van der Waals surface area contributed by atoms with Crippen molar-refractivity contribution in [3.05, 3.63) is 29.6 Å². The number of nitrogens with one attached hydrogen (secondary N) is 1. The molecular weight excluding hydrogens is 271 g/mol. The summed E-state index contributed by atoms with van der Waals surface area (Å²) < 4.78 is 18.2. The van der Waals surface area contributed by atoms with Crippen molar-refractivity contribution in [3.63, 3.8) is 0 Å². The van der Waals surface area contributed by atoms with Gasteiger partial charge in [0, 0.05) is 6.04 Å². The molecule has 0 saturated heterocycles. The van der Waals surface area contributed by atoms with E-state index in [1.165, 1.54) is 12.1 Å². The van der Waals surface area contributed by atoms with Gasteiger partial charge in [-0.1, -0.05) is 6.42 Å². The summed E-state index contributed by atoms with van der Waals surface area (Å²) >= 11 is 0. The molecule has 2 rings (SSSR count). The van der Waals surface area contributed by atoms with Crippen LogP contribution in [0.3, 0.4) is 0 Å². The molecule has 1 N–H and O–H groups in total. The van der Waals surface area contributed by atoms with Gasteiger partial charge >= 0.3 is 5.97 Å². The lowest BCUT2D eigenvalue weighted by atomic mass is 9.85. The van der Waals surface area contributed by atoms with Gasteiger partial charge in [0.15, 0.2) is 0 Å². The Morgan fingerprint density at radius 2 is 2.33 bits per heavy atom. The monoisotopic (exact) mass is 290 g/mol. The van der Waals surface area contributed by atoms with Crippen LogP contribution in [0.2, 0.25) is 0 Å². The van der Waals surface area contributed by atoms with E-state index in [-0.39, 0.29) is 23.5 Å². The molecule has 1 aromatic carbocycles. The standard InChI is InChI=1S/C16H19FN2O2/c1-2-21-16(20)11-4-3-5-14(9-11)19-15-7-6-13(17)8-12(15)10-18/h6-8,11,14,19H,2-5,9H2,1H3. The summed E-state index contributed by atoms with van der Waals surface area (Å²) in [6.45, 7) is 2.19. The summed E-state index contributed by atoms with van der Waals surface area (Å²) in [5, 5.41) is 12.3. The summed E-state index contributed by atoms with van der Waals surface area (Å²) in [7, 11) is 0. The molecule has 1 fully saturated rings. The van der Waals surface area contributed by atoms with E-state index in [4.69, 9.17) is 10.00 Å². The molecule has 1 aliphatic carbocycles.